The number of amides is 1. The Bertz CT molecular complexity index is 1140. The largest absolute Gasteiger partial charge is 0.438 e. The van der Waals surface area contributed by atoms with Gasteiger partial charge in [0.15, 0.2) is 0 Å². The van der Waals surface area contributed by atoms with Gasteiger partial charge in [-0.05, 0) is 36.4 Å². The number of nitrogens with zero attached hydrogens (tertiary/aromatic N) is 2. The Morgan fingerprint density at radius 1 is 1.04 bits per heavy atom. The molecule has 0 atom stereocenters. The second-order valence-corrected chi connectivity index (χ2v) is 5.91. The molecular formula is C21H17N5O2. The predicted octanol–water partition coefficient (Wildman–Crippen LogP) is 4.62. The zero-order valence-corrected chi connectivity index (χ0v) is 14.8. The van der Waals surface area contributed by atoms with Gasteiger partial charge in [0.2, 0.25) is 17.7 Å². The molecule has 7 nitrogen and oxygen atoms in total. The Hall–Kier alpha value is -4.13. The lowest BCUT2D eigenvalue weighted by atomic mass is 10.3. The van der Waals surface area contributed by atoms with Crippen LogP contribution in [-0.4, -0.2) is 20.9 Å². The van der Waals surface area contributed by atoms with E-state index in [-0.39, 0.29) is 5.91 Å². The molecule has 2 heterocycles. The van der Waals surface area contributed by atoms with Gasteiger partial charge in [0.1, 0.15) is 11.4 Å². The molecule has 0 spiro atoms. The molecule has 0 saturated heterocycles. The molecule has 0 aliphatic rings. The van der Waals surface area contributed by atoms with Gasteiger partial charge in [0.05, 0.1) is 5.39 Å². The van der Waals surface area contributed by atoms with Crippen molar-refractivity contribution in [3.8, 4) is 11.6 Å². The molecule has 2 aromatic carbocycles. The summed E-state index contributed by atoms with van der Waals surface area (Å²) in [6.45, 7) is 3.45. The summed E-state index contributed by atoms with van der Waals surface area (Å²) in [4.78, 5) is 23.6. The Morgan fingerprint density at radius 2 is 1.86 bits per heavy atom. The number of para-hydroxylation sites is 1. The molecule has 28 heavy (non-hydrogen) atoms. The number of H-pyrrole nitrogens is 1. The molecule has 138 valence electrons. The minimum Gasteiger partial charge on any atom is -0.438 e. The van der Waals surface area contributed by atoms with Crippen molar-refractivity contribution < 1.29 is 9.53 Å². The average molecular weight is 371 g/mol. The molecule has 0 aliphatic heterocycles. The molecule has 7 heteroatoms. The smallest absolute Gasteiger partial charge is 0.247 e. The fourth-order valence-electron chi connectivity index (χ4n) is 2.64. The fourth-order valence-corrected chi connectivity index (χ4v) is 2.64. The summed E-state index contributed by atoms with van der Waals surface area (Å²) in [6.07, 6.45) is 2.99. The van der Waals surface area contributed by atoms with E-state index < -0.39 is 0 Å². The van der Waals surface area contributed by atoms with Gasteiger partial charge in [0, 0.05) is 23.6 Å². The van der Waals surface area contributed by atoms with E-state index in [0.717, 1.165) is 11.1 Å². The highest BCUT2D eigenvalue weighted by molar-refractivity contribution is 5.99. The third-order valence-electron chi connectivity index (χ3n) is 3.91. The van der Waals surface area contributed by atoms with Gasteiger partial charge < -0.3 is 20.4 Å². The summed E-state index contributed by atoms with van der Waals surface area (Å²) < 4.78 is 6.00. The highest BCUT2D eigenvalue weighted by Gasteiger charge is 2.12. The SMILES string of the molecule is C=CC(=O)Nc1cccc(Oc2nc(Nc3ccccc3)nc3[nH]ccc23)c1. The molecule has 0 saturated carbocycles. The predicted molar refractivity (Wildman–Crippen MR) is 109 cm³/mol. The van der Waals surface area contributed by atoms with E-state index in [0.29, 0.717) is 28.9 Å². The lowest BCUT2D eigenvalue weighted by molar-refractivity contribution is -0.111. The van der Waals surface area contributed by atoms with Crippen LogP contribution in [0, 0.1) is 0 Å². The monoisotopic (exact) mass is 371 g/mol. The van der Waals surface area contributed by atoms with Gasteiger partial charge in [0.25, 0.3) is 0 Å². The van der Waals surface area contributed by atoms with E-state index in [1.54, 1.807) is 30.5 Å². The Balaban J connectivity index is 1.65. The van der Waals surface area contributed by atoms with E-state index in [1.165, 1.54) is 6.08 Å². The third-order valence-corrected chi connectivity index (χ3v) is 3.91. The van der Waals surface area contributed by atoms with E-state index >= 15 is 0 Å². The van der Waals surface area contributed by atoms with Crippen LogP contribution in [0.2, 0.25) is 0 Å². The maximum absolute atomic E-state index is 11.5. The summed E-state index contributed by atoms with van der Waals surface area (Å²) in [7, 11) is 0. The first kappa shape index (κ1) is 17.3. The molecule has 0 aliphatic carbocycles. The molecule has 1 amide bonds. The number of hydrogen-bond donors (Lipinski definition) is 3. The van der Waals surface area contributed by atoms with Crippen LogP contribution < -0.4 is 15.4 Å². The van der Waals surface area contributed by atoms with Gasteiger partial charge in [-0.15, -0.1) is 0 Å². The average Bonchev–Trinajstić information content (AvgIpc) is 3.18. The minimum atomic E-state index is -0.290. The van der Waals surface area contributed by atoms with Crippen molar-refractivity contribution >= 4 is 34.3 Å². The molecule has 3 N–H and O–H groups in total. The van der Waals surface area contributed by atoms with Crippen molar-refractivity contribution in [1.82, 2.24) is 15.0 Å². The van der Waals surface area contributed by atoms with E-state index in [4.69, 9.17) is 4.74 Å². The van der Waals surface area contributed by atoms with Crippen LogP contribution >= 0.6 is 0 Å². The van der Waals surface area contributed by atoms with Gasteiger partial charge in [-0.3, -0.25) is 4.79 Å². The lowest BCUT2D eigenvalue weighted by Crippen LogP contribution is -2.07. The number of benzene rings is 2. The van der Waals surface area contributed by atoms with Crippen LogP contribution in [0.25, 0.3) is 11.0 Å². The van der Waals surface area contributed by atoms with Crippen molar-refractivity contribution in [2.24, 2.45) is 0 Å². The Kier molecular flexibility index (Phi) is 4.71. The zero-order chi connectivity index (χ0) is 19.3. The quantitative estimate of drug-likeness (QED) is 0.430. The molecular weight excluding hydrogens is 354 g/mol. The van der Waals surface area contributed by atoms with E-state index in [9.17, 15) is 4.79 Å². The summed E-state index contributed by atoms with van der Waals surface area (Å²) in [5.74, 6) is 1.06. The van der Waals surface area contributed by atoms with E-state index in [2.05, 4.69) is 32.2 Å². The minimum absolute atomic E-state index is 0.290. The number of fused-ring (bicyclic) bond motifs is 1. The summed E-state index contributed by atoms with van der Waals surface area (Å²) in [5.41, 5.74) is 2.12. The number of aromatic nitrogens is 3. The molecule has 0 unspecified atom stereocenters. The van der Waals surface area contributed by atoms with Gasteiger partial charge in [-0.1, -0.05) is 30.8 Å². The second-order valence-electron chi connectivity index (χ2n) is 5.91. The number of rotatable bonds is 6. The highest BCUT2D eigenvalue weighted by Crippen LogP contribution is 2.30. The molecule has 4 rings (SSSR count). The summed E-state index contributed by atoms with van der Waals surface area (Å²) in [5, 5.41) is 6.62. The maximum Gasteiger partial charge on any atom is 0.247 e. The van der Waals surface area contributed by atoms with Crippen molar-refractivity contribution in [3.63, 3.8) is 0 Å². The first-order valence-corrected chi connectivity index (χ1v) is 8.60. The Labute approximate surface area is 161 Å². The zero-order valence-electron chi connectivity index (χ0n) is 14.8. The third kappa shape index (κ3) is 3.83. The number of carbonyl (C=O) groups excluding carboxylic acids is 1. The number of aromatic amines is 1. The number of anilines is 3. The lowest BCUT2D eigenvalue weighted by Gasteiger charge is -2.10. The number of ether oxygens (including phenoxy) is 1. The summed E-state index contributed by atoms with van der Waals surface area (Å²) in [6, 6.07) is 18.5. The van der Waals surface area contributed by atoms with Crippen LogP contribution in [0.4, 0.5) is 17.3 Å². The van der Waals surface area contributed by atoms with Crippen molar-refractivity contribution in [2.75, 3.05) is 10.6 Å². The van der Waals surface area contributed by atoms with Crippen LogP contribution in [0.3, 0.4) is 0 Å². The molecule has 0 fully saturated rings. The number of nitrogens with one attached hydrogen (secondary N) is 3. The van der Waals surface area contributed by atoms with Crippen LogP contribution in [0.5, 0.6) is 11.6 Å². The van der Waals surface area contributed by atoms with Crippen molar-refractivity contribution in [2.45, 2.75) is 0 Å². The van der Waals surface area contributed by atoms with Crippen molar-refractivity contribution in [3.05, 3.63) is 79.5 Å². The molecule has 4 aromatic rings. The maximum atomic E-state index is 11.5. The number of carbonyl (C=O) groups is 1. The van der Waals surface area contributed by atoms with Gasteiger partial charge in [-0.2, -0.15) is 9.97 Å². The van der Waals surface area contributed by atoms with Crippen LogP contribution in [0.15, 0.2) is 79.5 Å². The highest BCUT2D eigenvalue weighted by atomic mass is 16.5. The van der Waals surface area contributed by atoms with Crippen molar-refractivity contribution in [1.29, 1.82) is 0 Å². The second kappa shape index (κ2) is 7.63. The summed E-state index contributed by atoms with van der Waals surface area (Å²) >= 11 is 0. The topological polar surface area (TPSA) is 91.9 Å². The number of hydrogen-bond acceptors (Lipinski definition) is 5. The van der Waals surface area contributed by atoms with E-state index in [1.807, 2.05) is 36.4 Å². The molecule has 0 bridgehead atoms. The molecule has 0 radical (unpaired) electrons. The normalized spacial score (nSPS) is 10.4. The standard InChI is InChI=1S/C21H17N5O2/c1-2-18(27)23-15-9-6-10-16(13-15)28-20-17-11-12-22-19(17)25-21(26-20)24-14-7-4-3-5-8-14/h2-13H,1H2,(H,23,27)(H2,22,24,25,26). The van der Waals surface area contributed by atoms with Gasteiger partial charge >= 0.3 is 0 Å². The van der Waals surface area contributed by atoms with Crippen LogP contribution in [-0.2, 0) is 4.79 Å². The Morgan fingerprint density at radius 3 is 2.68 bits per heavy atom. The van der Waals surface area contributed by atoms with Crippen LogP contribution in [0.1, 0.15) is 0 Å². The first-order chi connectivity index (χ1) is 13.7. The van der Waals surface area contributed by atoms with Gasteiger partial charge in [-0.25, -0.2) is 0 Å². The fraction of sp³-hybridized carbons (Fsp3) is 0. The first-order valence-electron chi connectivity index (χ1n) is 8.60. The molecule has 2 aromatic heterocycles.